The van der Waals surface area contributed by atoms with Crippen LogP contribution < -0.4 is 5.32 Å². The van der Waals surface area contributed by atoms with Crippen molar-refractivity contribution in [3.05, 3.63) is 89.7 Å². The number of esters is 1. The number of rotatable bonds is 6. The van der Waals surface area contributed by atoms with Crippen molar-refractivity contribution in [3.8, 4) is 0 Å². The molecule has 1 amide bonds. The summed E-state index contributed by atoms with van der Waals surface area (Å²) in [4.78, 5) is 24.2. The second kappa shape index (κ2) is 8.36. The van der Waals surface area contributed by atoms with Crippen molar-refractivity contribution in [2.45, 2.75) is 19.4 Å². The maximum Gasteiger partial charge on any atom is 0.337 e. The average Bonchev–Trinajstić information content (AvgIpc) is 3.21. The van der Waals surface area contributed by atoms with Gasteiger partial charge in [-0.3, -0.25) is 4.79 Å². The molecule has 0 aliphatic carbocycles. The third-order valence-electron chi connectivity index (χ3n) is 4.50. The Balaban J connectivity index is 1.75. The SMILES string of the molecule is COC(=O)c1ccc(NC(=O)C[C@@H](c2ccccc2C)n2cccc2)cc1. The summed E-state index contributed by atoms with van der Waals surface area (Å²) in [7, 11) is 1.34. The third-order valence-corrected chi connectivity index (χ3v) is 4.50. The number of aromatic nitrogens is 1. The standard InChI is InChI=1S/C22H22N2O3/c1-16-7-3-4-8-19(16)20(24-13-5-6-14-24)15-21(25)23-18-11-9-17(10-12-18)22(26)27-2/h3-14,20H,15H2,1-2H3,(H,23,25)/t20-/m0/s1. The zero-order chi connectivity index (χ0) is 19.2. The van der Waals surface area contributed by atoms with Crippen molar-refractivity contribution < 1.29 is 14.3 Å². The van der Waals surface area contributed by atoms with Crippen molar-refractivity contribution in [2.24, 2.45) is 0 Å². The Hall–Kier alpha value is -3.34. The lowest BCUT2D eigenvalue weighted by Gasteiger charge is -2.21. The Morgan fingerprint density at radius 3 is 2.30 bits per heavy atom. The molecule has 5 nitrogen and oxygen atoms in total. The van der Waals surface area contributed by atoms with E-state index in [-0.39, 0.29) is 11.9 Å². The highest BCUT2D eigenvalue weighted by Gasteiger charge is 2.19. The van der Waals surface area contributed by atoms with Gasteiger partial charge in [-0.25, -0.2) is 4.79 Å². The van der Waals surface area contributed by atoms with Crippen molar-refractivity contribution in [2.75, 3.05) is 12.4 Å². The summed E-state index contributed by atoms with van der Waals surface area (Å²) in [6.45, 7) is 2.05. The number of nitrogens with zero attached hydrogens (tertiary/aromatic N) is 1. The molecule has 2 aromatic carbocycles. The van der Waals surface area contributed by atoms with Crippen LogP contribution in [0.3, 0.4) is 0 Å². The largest absolute Gasteiger partial charge is 0.465 e. The second-order valence-electron chi connectivity index (χ2n) is 6.32. The Kier molecular flexibility index (Phi) is 5.71. The Bertz CT molecular complexity index is 915. The first-order valence-corrected chi connectivity index (χ1v) is 8.74. The van der Waals surface area contributed by atoms with Gasteiger partial charge < -0.3 is 14.6 Å². The fourth-order valence-electron chi connectivity index (χ4n) is 3.09. The van der Waals surface area contributed by atoms with Crippen molar-refractivity contribution in [1.82, 2.24) is 4.57 Å². The van der Waals surface area contributed by atoms with E-state index in [1.54, 1.807) is 24.3 Å². The molecule has 0 radical (unpaired) electrons. The maximum atomic E-state index is 12.7. The van der Waals surface area contributed by atoms with Gasteiger partial charge in [0.05, 0.1) is 25.1 Å². The summed E-state index contributed by atoms with van der Waals surface area (Å²) in [5.41, 5.74) is 3.35. The van der Waals surface area contributed by atoms with E-state index < -0.39 is 5.97 Å². The number of benzene rings is 2. The van der Waals surface area contributed by atoms with Gasteiger partial charge >= 0.3 is 5.97 Å². The van der Waals surface area contributed by atoms with Gasteiger partial charge in [-0.05, 0) is 54.4 Å². The summed E-state index contributed by atoms with van der Waals surface area (Å²) in [5.74, 6) is -0.497. The molecule has 3 aromatic rings. The van der Waals surface area contributed by atoms with Gasteiger partial charge in [-0.1, -0.05) is 24.3 Å². The maximum absolute atomic E-state index is 12.7. The van der Waals surface area contributed by atoms with Gasteiger partial charge in [0.25, 0.3) is 0 Å². The minimum Gasteiger partial charge on any atom is -0.465 e. The summed E-state index contributed by atoms with van der Waals surface area (Å²) in [6.07, 6.45) is 4.24. The van der Waals surface area contributed by atoms with E-state index in [0.29, 0.717) is 17.7 Å². The lowest BCUT2D eigenvalue weighted by atomic mass is 9.98. The molecule has 0 aliphatic rings. The van der Waals surface area contributed by atoms with Gasteiger partial charge in [0.15, 0.2) is 0 Å². The van der Waals surface area contributed by atoms with Crippen molar-refractivity contribution >= 4 is 17.6 Å². The molecule has 0 bridgehead atoms. The smallest absolute Gasteiger partial charge is 0.337 e. The molecule has 27 heavy (non-hydrogen) atoms. The van der Waals surface area contributed by atoms with Crippen LogP contribution in [0.1, 0.15) is 33.9 Å². The molecule has 3 rings (SSSR count). The Labute approximate surface area is 158 Å². The zero-order valence-electron chi connectivity index (χ0n) is 15.4. The number of amides is 1. The lowest BCUT2D eigenvalue weighted by molar-refractivity contribution is -0.116. The predicted octanol–water partition coefficient (Wildman–Crippen LogP) is 4.20. The van der Waals surface area contributed by atoms with Crippen LogP contribution in [0.25, 0.3) is 0 Å². The topological polar surface area (TPSA) is 60.3 Å². The fraction of sp³-hybridized carbons (Fsp3) is 0.182. The van der Waals surface area contributed by atoms with Gasteiger partial charge in [0.1, 0.15) is 0 Å². The molecule has 0 fully saturated rings. The van der Waals surface area contributed by atoms with Gasteiger partial charge in [0.2, 0.25) is 5.91 Å². The molecular formula is C22H22N2O3. The van der Waals surface area contributed by atoms with E-state index in [1.807, 2.05) is 41.2 Å². The molecule has 1 atom stereocenters. The van der Waals surface area contributed by atoms with E-state index in [9.17, 15) is 9.59 Å². The van der Waals surface area contributed by atoms with Gasteiger partial charge in [-0.15, -0.1) is 0 Å². The quantitative estimate of drug-likeness (QED) is 0.669. The average molecular weight is 362 g/mol. The number of anilines is 1. The monoisotopic (exact) mass is 362 g/mol. The molecule has 1 heterocycles. The van der Waals surface area contributed by atoms with E-state index in [1.165, 1.54) is 7.11 Å². The van der Waals surface area contributed by atoms with Crippen molar-refractivity contribution in [3.63, 3.8) is 0 Å². The summed E-state index contributed by atoms with van der Waals surface area (Å²) in [6, 6.07) is 18.6. The highest BCUT2D eigenvalue weighted by Crippen LogP contribution is 2.26. The van der Waals surface area contributed by atoms with Gasteiger partial charge in [0, 0.05) is 18.1 Å². The molecule has 1 N–H and O–H groups in total. The van der Waals surface area contributed by atoms with Crippen LogP contribution in [-0.4, -0.2) is 23.6 Å². The summed E-state index contributed by atoms with van der Waals surface area (Å²) in [5, 5.41) is 2.90. The first-order chi connectivity index (χ1) is 13.1. The van der Waals surface area contributed by atoms with Crippen LogP contribution in [0.2, 0.25) is 0 Å². The molecule has 0 aliphatic heterocycles. The first-order valence-electron chi connectivity index (χ1n) is 8.74. The lowest BCUT2D eigenvalue weighted by Crippen LogP contribution is -2.20. The summed E-state index contributed by atoms with van der Waals surface area (Å²) < 4.78 is 6.73. The Morgan fingerprint density at radius 2 is 1.67 bits per heavy atom. The molecule has 5 heteroatoms. The van der Waals surface area contributed by atoms with Crippen LogP contribution >= 0.6 is 0 Å². The van der Waals surface area contributed by atoms with E-state index in [0.717, 1.165) is 11.1 Å². The van der Waals surface area contributed by atoms with Crippen LogP contribution in [0.15, 0.2) is 73.1 Å². The molecule has 1 aromatic heterocycles. The third kappa shape index (κ3) is 4.44. The van der Waals surface area contributed by atoms with E-state index in [2.05, 4.69) is 29.1 Å². The second-order valence-corrected chi connectivity index (χ2v) is 6.32. The van der Waals surface area contributed by atoms with Crippen LogP contribution in [0.5, 0.6) is 0 Å². The highest BCUT2D eigenvalue weighted by atomic mass is 16.5. The number of methoxy groups -OCH3 is 1. The van der Waals surface area contributed by atoms with Crippen LogP contribution in [-0.2, 0) is 9.53 Å². The number of aryl methyl sites for hydroxylation is 1. The zero-order valence-corrected chi connectivity index (χ0v) is 15.4. The predicted molar refractivity (Wildman–Crippen MR) is 105 cm³/mol. The number of nitrogens with one attached hydrogen (secondary N) is 1. The minimum atomic E-state index is -0.403. The molecule has 0 unspecified atom stereocenters. The normalized spacial score (nSPS) is 11.6. The number of hydrogen-bond donors (Lipinski definition) is 1. The number of ether oxygens (including phenoxy) is 1. The molecule has 0 spiro atoms. The molecule has 138 valence electrons. The summed E-state index contributed by atoms with van der Waals surface area (Å²) >= 11 is 0. The van der Waals surface area contributed by atoms with E-state index >= 15 is 0 Å². The molecule has 0 saturated carbocycles. The Morgan fingerprint density at radius 1 is 1.00 bits per heavy atom. The highest BCUT2D eigenvalue weighted by molar-refractivity contribution is 5.93. The number of carbonyl (C=O) groups excluding carboxylic acids is 2. The first kappa shape index (κ1) is 18.5. The number of carbonyl (C=O) groups is 2. The van der Waals surface area contributed by atoms with Crippen molar-refractivity contribution in [1.29, 1.82) is 0 Å². The van der Waals surface area contributed by atoms with E-state index in [4.69, 9.17) is 0 Å². The minimum absolute atomic E-state index is 0.0875. The van der Waals surface area contributed by atoms with Crippen LogP contribution in [0, 0.1) is 6.92 Å². The molecular weight excluding hydrogens is 340 g/mol. The van der Waals surface area contributed by atoms with Crippen LogP contribution in [0.4, 0.5) is 5.69 Å². The van der Waals surface area contributed by atoms with Gasteiger partial charge in [-0.2, -0.15) is 0 Å². The number of hydrogen-bond acceptors (Lipinski definition) is 3. The molecule has 0 saturated heterocycles. The fourth-order valence-corrected chi connectivity index (χ4v) is 3.09.